The molecule has 0 saturated heterocycles. The zero-order valence-corrected chi connectivity index (χ0v) is 13.2. The van der Waals surface area contributed by atoms with Crippen molar-refractivity contribution in [3.63, 3.8) is 0 Å². The Balaban J connectivity index is 4.46. The summed E-state index contributed by atoms with van der Waals surface area (Å²) < 4.78 is 35.8. The van der Waals surface area contributed by atoms with Gasteiger partial charge in [-0.25, -0.2) is 4.79 Å². The standard InChI is InChI=1S/C13H20O9S/c1-2-3-4-5-9-21-22-13(16)11(23(17,18)19)10-12(15)20-8-6-7-14/h2,4-5,11,14H,1,3,6-10H2,(H,17,18,19). The highest BCUT2D eigenvalue weighted by Gasteiger charge is 2.36. The third-order valence-corrected chi connectivity index (χ3v) is 3.39. The highest BCUT2D eigenvalue weighted by atomic mass is 32.2. The SMILES string of the molecule is C=CCC=CCOOC(=O)C(CC(=O)OCCCO)S(=O)(=O)O. The second-order valence-corrected chi connectivity index (χ2v) is 5.79. The molecule has 1 unspecified atom stereocenters. The molecule has 1 atom stereocenters. The highest BCUT2D eigenvalue weighted by Crippen LogP contribution is 2.09. The van der Waals surface area contributed by atoms with Crippen molar-refractivity contribution in [2.24, 2.45) is 0 Å². The van der Waals surface area contributed by atoms with E-state index < -0.39 is 33.7 Å². The highest BCUT2D eigenvalue weighted by molar-refractivity contribution is 7.87. The van der Waals surface area contributed by atoms with Gasteiger partial charge in [0.2, 0.25) is 0 Å². The predicted molar refractivity (Wildman–Crippen MR) is 78.6 cm³/mol. The fourth-order valence-corrected chi connectivity index (χ4v) is 1.85. The zero-order valence-electron chi connectivity index (χ0n) is 12.4. The van der Waals surface area contributed by atoms with Crippen molar-refractivity contribution in [3.8, 4) is 0 Å². The van der Waals surface area contributed by atoms with Crippen molar-refractivity contribution in [2.45, 2.75) is 24.5 Å². The topological polar surface area (TPSA) is 136 Å². The van der Waals surface area contributed by atoms with Crippen molar-refractivity contribution in [1.82, 2.24) is 0 Å². The van der Waals surface area contributed by atoms with E-state index >= 15 is 0 Å². The Kier molecular flexibility index (Phi) is 10.9. The smallest absolute Gasteiger partial charge is 0.363 e. The van der Waals surface area contributed by atoms with Crippen LogP contribution in [-0.2, 0) is 34.2 Å². The molecule has 0 aromatic rings. The van der Waals surface area contributed by atoms with Crippen LogP contribution in [0.25, 0.3) is 0 Å². The van der Waals surface area contributed by atoms with Gasteiger partial charge in [-0.2, -0.15) is 13.3 Å². The number of aliphatic hydroxyl groups is 1. The average molecular weight is 352 g/mol. The van der Waals surface area contributed by atoms with Crippen molar-refractivity contribution < 1.29 is 42.2 Å². The first kappa shape index (κ1) is 21.2. The van der Waals surface area contributed by atoms with Crippen molar-refractivity contribution >= 4 is 22.1 Å². The van der Waals surface area contributed by atoms with Crippen LogP contribution < -0.4 is 0 Å². The maximum absolute atomic E-state index is 11.6. The Morgan fingerprint density at radius 2 is 1.96 bits per heavy atom. The summed E-state index contributed by atoms with van der Waals surface area (Å²) in [5.74, 6) is -2.48. The molecule has 0 rings (SSSR count). The molecular weight excluding hydrogens is 332 g/mol. The molecule has 9 nitrogen and oxygen atoms in total. The summed E-state index contributed by atoms with van der Waals surface area (Å²) in [6, 6.07) is 0. The number of aliphatic hydroxyl groups excluding tert-OH is 1. The van der Waals surface area contributed by atoms with Gasteiger partial charge in [-0.1, -0.05) is 18.2 Å². The van der Waals surface area contributed by atoms with Gasteiger partial charge in [-0.3, -0.25) is 14.2 Å². The second-order valence-electron chi connectivity index (χ2n) is 4.19. The second kappa shape index (κ2) is 11.8. The van der Waals surface area contributed by atoms with E-state index in [-0.39, 0.29) is 26.2 Å². The molecule has 0 radical (unpaired) electrons. The molecule has 0 spiro atoms. The van der Waals surface area contributed by atoms with Gasteiger partial charge in [0.15, 0.2) is 5.25 Å². The van der Waals surface area contributed by atoms with Crippen LogP contribution >= 0.6 is 0 Å². The van der Waals surface area contributed by atoms with Gasteiger partial charge in [0.05, 0.1) is 13.0 Å². The van der Waals surface area contributed by atoms with Gasteiger partial charge in [-0.15, -0.1) is 6.58 Å². The summed E-state index contributed by atoms with van der Waals surface area (Å²) in [7, 11) is -4.88. The first-order valence-corrected chi connectivity index (χ1v) is 8.15. The van der Waals surface area contributed by atoms with Crippen LogP contribution in [0.15, 0.2) is 24.8 Å². The summed E-state index contributed by atoms with van der Waals surface area (Å²) in [6.45, 7) is 2.98. The van der Waals surface area contributed by atoms with Gasteiger partial charge in [0.1, 0.15) is 6.61 Å². The molecule has 0 heterocycles. The molecule has 0 amide bonds. The number of esters is 1. The van der Waals surface area contributed by atoms with E-state index in [4.69, 9.17) is 9.66 Å². The van der Waals surface area contributed by atoms with Crippen molar-refractivity contribution in [2.75, 3.05) is 19.8 Å². The Labute approximate surface area is 134 Å². The summed E-state index contributed by atoms with van der Waals surface area (Å²) in [5.41, 5.74) is 0. The Bertz CT molecular complexity index is 510. The van der Waals surface area contributed by atoms with Gasteiger partial charge in [0, 0.05) is 13.0 Å². The van der Waals surface area contributed by atoms with E-state index in [1.54, 1.807) is 12.2 Å². The number of carbonyl (C=O) groups is 2. The van der Waals surface area contributed by atoms with Gasteiger partial charge >= 0.3 is 11.9 Å². The third kappa shape index (κ3) is 10.6. The molecule has 0 aliphatic rings. The van der Waals surface area contributed by atoms with E-state index in [1.165, 1.54) is 6.08 Å². The fourth-order valence-electron chi connectivity index (χ4n) is 1.22. The van der Waals surface area contributed by atoms with Gasteiger partial charge in [-0.05, 0) is 6.42 Å². The predicted octanol–water partition coefficient (Wildman–Crippen LogP) is 0.166. The van der Waals surface area contributed by atoms with E-state index in [0.717, 1.165) is 0 Å². The van der Waals surface area contributed by atoms with Crippen LogP contribution in [0.5, 0.6) is 0 Å². The minimum absolute atomic E-state index is 0.140. The van der Waals surface area contributed by atoms with Crippen molar-refractivity contribution in [3.05, 3.63) is 24.8 Å². The Morgan fingerprint density at radius 1 is 1.26 bits per heavy atom. The lowest BCUT2D eigenvalue weighted by molar-refractivity contribution is -0.265. The lowest BCUT2D eigenvalue weighted by Gasteiger charge is -2.11. The molecular formula is C13H20O9S. The van der Waals surface area contributed by atoms with Crippen LogP contribution in [0.1, 0.15) is 19.3 Å². The molecule has 0 aliphatic heterocycles. The van der Waals surface area contributed by atoms with E-state index in [1.807, 2.05) is 0 Å². The normalized spacial score (nSPS) is 12.8. The number of carbonyl (C=O) groups excluding carboxylic acids is 2. The van der Waals surface area contributed by atoms with Crippen LogP contribution in [0.2, 0.25) is 0 Å². The first-order valence-electron chi connectivity index (χ1n) is 6.65. The quantitative estimate of drug-likeness (QED) is 0.126. The maximum Gasteiger partial charge on any atom is 0.363 e. The largest absolute Gasteiger partial charge is 0.466 e. The molecule has 10 heteroatoms. The minimum Gasteiger partial charge on any atom is -0.466 e. The molecule has 23 heavy (non-hydrogen) atoms. The third-order valence-electron chi connectivity index (χ3n) is 2.31. The molecule has 0 aromatic heterocycles. The van der Waals surface area contributed by atoms with Crippen LogP contribution in [0.3, 0.4) is 0 Å². The summed E-state index contributed by atoms with van der Waals surface area (Å²) >= 11 is 0. The first-order chi connectivity index (χ1) is 10.8. The van der Waals surface area contributed by atoms with Gasteiger partial charge < -0.3 is 9.84 Å². The molecule has 0 aromatic carbocycles. The molecule has 0 fully saturated rings. The lowest BCUT2D eigenvalue weighted by Crippen LogP contribution is -2.34. The lowest BCUT2D eigenvalue weighted by atomic mass is 10.3. The Hall–Kier alpha value is -1.75. The van der Waals surface area contributed by atoms with Crippen molar-refractivity contribution in [1.29, 1.82) is 0 Å². The Morgan fingerprint density at radius 3 is 2.52 bits per heavy atom. The minimum atomic E-state index is -4.88. The van der Waals surface area contributed by atoms with Crippen LogP contribution in [0.4, 0.5) is 0 Å². The summed E-state index contributed by atoms with van der Waals surface area (Å²) in [6.07, 6.45) is 4.59. The van der Waals surface area contributed by atoms with E-state index in [2.05, 4.69) is 21.1 Å². The number of ether oxygens (including phenoxy) is 1. The molecule has 2 N–H and O–H groups in total. The molecule has 0 bridgehead atoms. The fraction of sp³-hybridized carbons (Fsp3) is 0.538. The summed E-state index contributed by atoms with van der Waals surface area (Å²) in [5, 5.41) is 6.37. The zero-order chi connectivity index (χ0) is 17.7. The van der Waals surface area contributed by atoms with E-state index in [0.29, 0.717) is 6.42 Å². The van der Waals surface area contributed by atoms with Crippen LogP contribution in [-0.4, -0.2) is 55.1 Å². The average Bonchev–Trinajstić information content (AvgIpc) is 2.47. The number of allylic oxidation sites excluding steroid dienone is 2. The maximum atomic E-state index is 11.6. The molecule has 132 valence electrons. The monoisotopic (exact) mass is 352 g/mol. The van der Waals surface area contributed by atoms with E-state index in [9.17, 15) is 18.0 Å². The number of hydrogen-bond donors (Lipinski definition) is 2. The number of hydrogen-bond acceptors (Lipinski definition) is 8. The summed E-state index contributed by atoms with van der Waals surface area (Å²) in [4.78, 5) is 31.7. The molecule has 0 saturated carbocycles. The number of rotatable bonds is 12. The van der Waals surface area contributed by atoms with Gasteiger partial charge in [0.25, 0.3) is 10.1 Å². The van der Waals surface area contributed by atoms with Crippen LogP contribution in [0, 0.1) is 0 Å². The molecule has 0 aliphatic carbocycles.